The maximum absolute atomic E-state index is 12.8. The van der Waals surface area contributed by atoms with Crippen molar-refractivity contribution < 1.29 is 19.4 Å². The summed E-state index contributed by atoms with van der Waals surface area (Å²) in [6, 6.07) is 5.42. The number of hydrogen-bond acceptors (Lipinski definition) is 2. The minimum absolute atomic E-state index is 0.0960. The number of hydrogen-bond donors (Lipinski definition) is 2. The van der Waals surface area contributed by atoms with Gasteiger partial charge in [-0.25, -0.2) is 4.39 Å². The van der Waals surface area contributed by atoms with Gasteiger partial charge in [0.25, 0.3) is 0 Å². The molecule has 1 unspecified atom stereocenters. The van der Waals surface area contributed by atoms with Gasteiger partial charge in [-0.05, 0) is 24.1 Å². The van der Waals surface area contributed by atoms with Crippen molar-refractivity contribution in [2.24, 2.45) is 0 Å². The Kier molecular flexibility index (Phi) is 3.59. The molecule has 0 saturated heterocycles. The van der Waals surface area contributed by atoms with Crippen molar-refractivity contribution in [1.82, 2.24) is 0 Å². The van der Waals surface area contributed by atoms with Crippen molar-refractivity contribution in [2.75, 3.05) is 6.61 Å². The van der Waals surface area contributed by atoms with Gasteiger partial charge in [-0.15, -0.1) is 0 Å². The van der Waals surface area contributed by atoms with Crippen LogP contribution >= 0.6 is 0 Å². The van der Waals surface area contributed by atoms with Crippen molar-refractivity contribution in [1.29, 1.82) is 0 Å². The molecule has 0 aliphatic rings. The summed E-state index contributed by atoms with van der Waals surface area (Å²) in [6.07, 6.45) is 0.0960. The van der Waals surface area contributed by atoms with E-state index < -0.39 is 17.7 Å². The van der Waals surface area contributed by atoms with Gasteiger partial charge in [0, 0.05) is 6.61 Å². The van der Waals surface area contributed by atoms with Crippen LogP contribution in [0.3, 0.4) is 0 Å². The first kappa shape index (κ1) is 10.7. The van der Waals surface area contributed by atoms with Crippen LogP contribution in [0, 0.1) is 5.82 Å². The Morgan fingerprint density at radius 2 is 2.21 bits per heavy atom. The molecule has 0 amide bonds. The third-order valence-electron chi connectivity index (χ3n) is 1.97. The van der Waals surface area contributed by atoms with Gasteiger partial charge in [0.2, 0.25) is 0 Å². The van der Waals surface area contributed by atoms with E-state index in [1.165, 1.54) is 24.3 Å². The molecule has 0 bridgehead atoms. The zero-order valence-corrected chi connectivity index (χ0v) is 7.48. The monoisotopic (exact) mass is 198 g/mol. The van der Waals surface area contributed by atoms with Gasteiger partial charge < -0.3 is 10.2 Å². The van der Waals surface area contributed by atoms with Crippen LogP contribution in [0.25, 0.3) is 0 Å². The highest BCUT2D eigenvalue weighted by atomic mass is 19.1. The molecular weight excluding hydrogens is 187 g/mol. The van der Waals surface area contributed by atoms with Gasteiger partial charge in [-0.2, -0.15) is 0 Å². The summed E-state index contributed by atoms with van der Waals surface area (Å²) in [4.78, 5) is 10.8. The minimum atomic E-state index is -1.05. The van der Waals surface area contributed by atoms with Gasteiger partial charge in [0.1, 0.15) is 5.82 Å². The fourth-order valence-corrected chi connectivity index (χ4v) is 1.29. The highest BCUT2D eigenvalue weighted by Crippen LogP contribution is 2.20. The number of aliphatic hydroxyl groups is 1. The molecule has 0 aliphatic carbocycles. The second kappa shape index (κ2) is 4.72. The first-order valence-corrected chi connectivity index (χ1v) is 4.24. The predicted molar refractivity (Wildman–Crippen MR) is 48.5 cm³/mol. The van der Waals surface area contributed by atoms with E-state index in [2.05, 4.69) is 0 Å². The summed E-state index contributed by atoms with van der Waals surface area (Å²) in [5.74, 6) is -2.35. The van der Waals surface area contributed by atoms with E-state index in [9.17, 15) is 9.18 Å². The first-order chi connectivity index (χ1) is 6.65. The van der Waals surface area contributed by atoms with E-state index in [1.54, 1.807) is 0 Å². The highest BCUT2D eigenvalue weighted by molar-refractivity contribution is 5.76. The number of benzene rings is 1. The molecule has 76 valence electrons. The van der Waals surface area contributed by atoms with Crippen LogP contribution in [0.5, 0.6) is 0 Å². The molecule has 0 radical (unpaired) electrons. The summed E-state index contributed by atoms with van der Waals surface area (Å²) in [5, 5.41) is 17.5. The number of halogens is 1. The van der Waals surface area contributed by atoms with Crippen molar-refractivity contribution in [3.8, 4) is 0 Å². The topological polar surface area (TPSA) is 57.5 Å². The maximum atomic E-state index is 12.8. The lowest BCUT2D eigenvalue weighted by atomic mass is 9.96. The van der Waals surface area contributed by atoms with E-state index in [0.29, 0.717) is 5.56 Å². The van der Waals surface area contributed by atoms with E-state index >= 15 is 0 Å². The second-order valence-corrected chi connectivity index (χ2v) is 2.96. The van der Waals surface area contributed by atoms with Crippen LogP contribution in [-0.2, 0) is 4.79 Å². The van der Waals surface area contributed by atoms with Crippen molar-refractivity contribution in [3.05, 3.63) is 35.6 Å². The fraction of sp³-hybridized carbons (Fsp3) is 0.300. The molecule has 0 aromatic heterocycles. The van der Waals surface area contributed by atoms with Gasteiger partial charge in [0.05, 0.1) is 5.92 Å². The summed E-state index contributed by atoms with van der Waals surface area (Å²) in [5.41, 5.74) is 0.381. The lowest BCUT2D eigenvalue weighted by Gasteiger charge is -2.10. The summed E-state index contributed by atoms with van der Waals surface area (Å²) in [6.45, 7) is -0.229. The molecule has 4 heteroatoms. The standard InChI is InChI=1S/C10H11FO3/c11-8-3-1-2-7(6-8)9(4-5-12)10(13)14/h1-3,6,9,12H,4-5H2,(H,13,14). The lowest BCUT2D eigenvalue weighted by Crippen LogP contribution is -2.13. The van der Waals surface area contributed by atoms with Gasteiger partial charge in [-0.3, -0.25) is 4.79 Å². The van der Waals surface area contributed by atoms with E-state index in [0.717, 1.165) is 0 Å². The number of aliphatic carboxylic acids is 1. The van der Waals surface area contributed by atoms with E-state index in [1.807, 2.05) is 0 Å². The normalized spacial score (nSPS) is 12.4. The molecule has 1 atom stereocenters. The lowest BCUT2D eigenvalue weighted by molar-refractivity contribution is -0.139. The van der Waals surface area contributed by atoms with Crippen molar-refractivity contribution in [2.45, 2.75) is 12.3 Å². The van der Waals surface area contributed by atoms with Crippen LogP contribution in [0.15, 0.2) is 24.3 Å². The SMILES string of the molecule is O=C(O)C(CCO)c1cccc(F)c1. The summed E-state index contributed by atoms with van der Waals surface area (Å²) < 4.78 is 12.8. The Balaban J connectivity index is 2.93. The molecule has 0 spiro atoms. The predicted octanol–water partition coefficient (Wildman–Crippen LogP) is 1.38. The van der Waals surface area contributed by atoms with Crippen LogP contribution in [0.1, 0.15) is 17.9 Å². The number of aliphatic hydroxyl groups excluding tert-OH is 1. The highest BCUT2D eigenvalue weighted by Gasteiger charge is 2.19. The Labute approximate surface area is 80.8 Å². The number of carboxylic acid groups (broad SMARTS) is 1. The molecule has 0 heterocycles. The van der Waals surface area contributed by atoms with Gasteiger partial charge in [-0.1, -0.05) is 12.1 Å². The molecular formula is C10H11FO3. The molecule has 3 nitrogen and oxygen atoms in total. The Morgan fingerprint density at radius 3 is 2.71 bits per heavy atom. The molecule has 0 saturated carbocycles. The van der Waals surface area contributed by atoms with Crippen LogP contribution in [0.2, 0.25) is 0 Å². The quantitative estimate of drug-likeness (QED) is 0.768. The van der Waals surface area contributed by atoms with Crippen molar-refractivity contribution >= 4 is 5.97 Å². The maximum Gasteiger partial charge on any atom is 0.311 e. The molecule has 1 aromatic rings. The minimum Gasteiger partial charge on any atom is -0.481 e. The first-order valence-electron chi connectivity index (χ1n) is 4.24. The Hall–Kier alpha value is -1.42. The van der Waals surface area contributed by atoms with Gasteiger partial charge in [0.15, 0.2) is 0 Å². The zero-order chi connectivity index (χ0) is 10.6. The van der Waals surface area contributed by atoms with E-state index in [-0.39, 0.29) is 13.0 Å². The van der Waals surface area contributed by atoms with E-state index in [4.69, 9.17) is 10.2 Å². The Morgan fingerprint density at radius 1 is 1.50 bits per heavy atom. The van der Waals surface area contributed by atoms with Crippen LogP contribution in [0.4, 0.5) is 4.39 Å². The van der Waals surface area contributed by atoms with Gasteiger partial charge >= 0.3 is 5.97 Å². The Bertz CT molecular complexity index is 325. The third-order valence-corrected chi connectivity index (χ3v) is 1.97. The van der Waals surface area contributed by atoms with Crippen molar-refractivity contribution in [3.63, 3.8) is 0 Å². The van der Waals surface area contributed by atoms with Crippen LogP contribution in [-0.4, -0.2) is 22.8 Å². The molecule has 0 aliphatic heterocycles. The molecule has 2 N–H and O–H groups in total. The fourth-order valence-electron chi connectivity index (χ4n) is 1.29. The molecule has 14 heavy (non-hydrogen) atoms. The number of rotatable bonds is 4. The summed E-state index contributed by atoms with van der Waals surface area (Å²) in [7, 11) is 0. The number of carboxylic acids is 1. The molecule has 1 aromatic carbocycles. The second-order valence-electron chi connectivity index (χ2n) is 2.96. The molecule has 0 fully saturated rings. The van der Waals surface area contributed by atoms with Crippen LogP contribution < -0.4 is 0 Å². The number of carbonyl (C=O) groups is 1. The average molecular weight is 198 g/mol. The average Bonchev–Trinajstić information content (AvgIpc) is 2.13. The smallest absolute Gasteiger partial charge is 0.311 e. The largest absolute Gasteiger partial charge is 0.481 e. The summed E-state index contributed by atoms with van der Waals surface area (Å²) >= 11 is 0. The third kappa shape index (κ3) is 2.53. The zero-order valence-electron chi connectivity index (χ0n) is 7.48. The molecule has 1 rings (SSSR count).